The monoisotopic (exact) mass is 470 g/mol. The molecule has 5 heteroatoms. The Balaban J connectivity index is 1.13. The van der Waals surface area contributed by atoms with Crippen LogP contribution in [0.3, 0.4) is 0 Å². The predicted octanol–water partition coefficient (Wildman–Crippen LogP) is 4.70. The van der Waals surface area contributed by atoms with Gasteiger partial charge in [0.25, 0.3) is 0 Å². The molecule has 5 rings (SSSR count). The fourth-order valence-electron chi connectivity index (χ4n) is 5.24. The smallest absolute Gasteiger partial charge is 0.249 e. The summed E-state index contributed by atoms with van der Waals surface area (Å²) in [5.41, 5.74) is 3.11. The molecule has 0 radical (unpaired) electrons. The minimum atomic E-state index is -0.563. The van der Waals surface area contributed by atoms with Crippen molar-refractivity contribution in [2.75, 3.05) is 39.8 Å². The van der Waals surface area contributed by atoms with Crippen LogP contribution in [0.15, 0.2) is 72.3 Å². The van der Waals surface area contributed by atoms with Gasteiger partial charge in [-0.3, -0.25) is 4.79 Å². The average molecular weight is 471 g/mol. The maximum absolute atomic E-state index is 12.3. The molecule has 2 saturated heterocycles. The van der Waals surface area contributed by atoms with Gasteiger partial charge in [0, 0.05) is 31.3 Å². The van der Waals surface area contributed by atoms with E-state index in [9.17, 15) is 9.90 Å². The topological polar surface area (TPSA) is 53.0 Å². The van der Waals surface area contributed by atoms with Crippen LogP contribution in [-0.4, -0.2) is 66.8 Å². The number of aliphatic hydroxyl groups excluding tert-OH is 1. The van der Waals surface area contributed by atoms with E-state index in [1.165, 1.54) is 16.3 Å². The number of likely N-dealkylation sites (tertiary alicyclic amines) is 2. The highest BCUT2D eigenvalue weighted by molar-refractivity contribution is 6.00. The summed E-state index contributed by atoms with van der Waals surface area (Å²) < 4.78 is 6.00. The molecule has 35 heavy (non-hydrogen) atoms. The number of amides is 1. The van der Waals surface area contributed by atoms with Crippen molar-refractivity contribution in [3.8, 4) is 5.75 Å². The van der Waals surface area contributed by atoms with Crippen molar-refractivity contribution < 1.29 is 14.6 Å². The molecular formula is C30H34N2O3. The second-order valence-corrected chi connectivity index (χ2v) is 9.83. The molecule has 5 nitrogen and oxygen atoms in total. The first kappa shape index (κ1) is 23.6. The van der Waals surface area contributed by atoms with E-state index in [0.29, 0.717) is 18.2 Å². The maximum atomic E-state index is 12.3. The average Bonchev–Trinajstić information content (AvgIpc) is 3.20. The largest absolute Gasteiger partial charge is 0.490 e. The number of para-hydroxylation sites is 1. The van der Waals surface area contributed by atoms with Gasteiger partial charge in [0.2, 0.25) is 5.91 Å². The number of nitrogens with zero attached hydrogens (tertiary/aromatic N) is 2. The molecule has 0 saturated carbocycles. The standard InChI is InChI=1S/C30H34N2O3/c1-31-15-12-27(30(31)34)19-26-8-4-5-9-29(26)35-21-28(33)20-32-16-13-23(14-17-32)25-11-10-22-6-2-3-7-24(22)18-25/h2-11,18-19,23,28,33H,12-17,20-21H2,1H3. The zero-order valence-corrected chi connectivity index (χ0v) is 20.4. The van der Waals surface area contributed by atoms with E-state index in [0.717, 1.165) is 50.0 Å². The first-order valence-corrected chi connectivity index (χ1v) is 12.6. The van der Waals surface area contributed by atoms with E-state index in [1.807, 2.05) is 37.4 Å². The van der Waals surface area contributed by atoms with Gasteiger partial charge in [-0.25, -0.2) is 0 Å². The molecule has 0 aliphatic carbocycles. The number of rotatable bonds is 7. The van der Waals surface area contributed by atoms with E-state index in [2.05, 4.69) is 47.4 Å². The van der Waals surface area contributed by atoms with Gasteiger partial charge in [-0.05, 0) is 66.7 Å². The number of fused-ring (bicyclic) bond motifs is 1. The molecule has 2 fully saturated rings. The fourth-order valence-corrected chi connectivity index (χ4v) is 5.24. The summed E-state index contributed by atoms with van der Waals surface area (Å²) in [5, 5.41) is 13.3. The number of carbonyl (C=O) groups excluding carboxylic acids is 1. The molecule has 0 spiro atoms. The molecule has 182 valence electrons. The first-order chi connectivity index (χ1) is 17.1. The van der Waals surface area contributed by atoms with Gasteiger partial charge >= 0.3 is 0 Å². The van der Waals surface area contributed by atoms with Crippen LogP contribution in [-0.2, 0) is 4.79 Å². The zero-order chi connectivity index (χ0) is 24.2. The maximum Gasteiger partial charge on any atom is 0.249 e. The van der Waals surface area contributed by atoms with Crippen molar-refractivity contribution in [3.05, 3.63) is 83.4 Å². The van der Waals surface area contributed by atoms with Crippen molar-refractivity contribution in [3.63, 3.8) is 0 Å². The summed E-state index contributed by atoms with van der Waals surface area (Å²) in [6.07, 6.45) is 4.31. The third-order valence-corrected chi connectivity index (χ3v) is 7.32. The predicted molar refractivity (Wildman–Crippen MR) is 141 cm³/mol. The van der Waals surface area contributed by atoms with Gasteiger partial charge < -0.3 is 19.6 Å². The Morgan fingerprint density at radius 2 is 1.74 bits per heavy atom. The van der Waals surface area contributed by atoms with Gasteiger partial charge in [-0.15, -0.1) is 0 Å². The normalized spacial score (nSPS) is 19.5. The summed E-state index contributed by atoms with van der Waals surface area (Å²) in [4.78, 5) is 16.3. The number of ether oxygens (including phenoxy) is 1. The molecular weight excluding hydrogens is 436 g/mol. The van der Waals surface area contributed by atoms with Crippen LogP contribution in [0.5, 0.6) is 5.75 Å². The van der Waals surface area contributed by atoms with E-state index in [-0.39, 0.29) is 12.5 Å². The minimum Gasteiger partial charge on any atom is -0.490 e. The van der Waals surface area contributed by atoms with Crippen molar-refractivity contribution in [1.29, 1.82) is 0 Å². The molecule has 3 aromatic rings. The molecule has 3 aromatic carbocycles. The van der Waals surface area contributed by atoms with E-state index in [4.69, 9.17) is 4.74 Å². The van der Waals surface area contributed by atoms with Crippen LogP contribution in [0.4, 0.5) is 0 Å². The Hall–Kier alpha value is -3.15. The number of piperidine rings is 1. The summed E-state index contributed by atoms with van der Waals surface area (Å²) in [5.74, 6) is 1.35. The van der Waals surface area contributed by atoms with Crippen LogP contribution in [0.25, 0.3) is 16.8 Å². The Bertz CT molecular complexity index is 1210. The van der Waals surface area contributed by atoms with Gasteiger partial charge in [-0.2, -0.15) is 0 Å². The first-order valence-electron chi connectivity index (χ1n) is 12.6. The quantitative estimate of drug-likeness (QED) is 0.509. The Morgan fingerprint density at radius 3 is 2.51 bits per heavy atom. The van der Waals surface area contributed by atoms with Crippen LogP contribution in [0.1, 0.15) is 36.3 Å². The lowest BCUT2D eigenvalue weighted by molar-refractivity contribution is -0.123. The van der Waals surface area contributed by atoms with E-state index in [1.54, 1.807) is 4.90 Å². The number of carbonyl (C=O) groups is 1. The highest BCUT2D eigenvalue weighted by Gasteiger charge is 2.24. The summed E-state index contributed by atoms with van der Waals surface area (Å²) in [6.45, 7) is 3.55. The van der Waals surface area contributed by atoms with E-state index >= 15 is 0 Å². The number of β-amino-alcohol motifs (C(OH)–C–C–N with tert-alkyl or cyclic N) is 1. The second-order valence-electron chi connectivity index (χ2n) is 9.83. The SMILES string of the molecule is CN1CCC(=Cc2ccccc2OCC(O)CN2CCC(c3ccc4ccccc4c3)CC2)C1=O. The number of hydrogen-bond acceptors (Lipinski definition) is 4. The van der Waals surface area contributed by atoms with Crippen molar-refractivity contribution in [2.24, 2.45) is 0 Å². The lowest BCUT2D eigenvalue weighted by atomic mass is 9.88. The highest BCUT2D eigenvalue weighted by Crippen LogP contribution is 2.30. The van der Waals surface area contributed by atoms with Crippen LogP contribution >= 0.6 is 0 Å². The molecule has 1 amide bonds. The molecule has 2 heterocycles. The number of hydrogen-bond donors (Lipinski definition) is 1. The summed E-state index contributed by atoms with van der Waals surface area (Å²) >= 11 is 0. The number of likely N-dealkylation sites (N-methyl/N-ethyl adjacent to an activating group) is 1. The zero-order valence-electron chi connectivity index (χ0n) is 20.4. The molecule has 2 aliphatic heterocycles. The van der Waals surface area contributed by atoms with Crippen molar-refractivity contribution in [1.82, 2.24) is 9.80 Å². The van der Waals surface area contributed by atoms with Gasteiger partial charge in [-0.1, -0.05) is 60.7 Å². The second kappa shape index (κ2) is 10.6. The van der Waals surface area contributed by atoms with Crippen molar-refractivity contribution >= 4 is 22.8 Å². The van der Waals surface area contributed by atoms with Crippen LogP contribution < -0.4 is 4.74 Å². The molecule has 2 aliphatic rings. The van der Waals surface area contributed by atoms with Crippen LogP contribution in [0, 0.1) is 0 Å². The highest BCUT2D eigenvalue weighted by atomic mass is 16.5. The van der Waals surface area contributed by atoms with Gasteiger partial charge in [0.15, 0.2) is 0 Å². The Morgan fingerprint density at radius 1 is 1.00 bits per heavy atom. The van der Waals surface area contributed by atoms with Crippen molar-refractivity contribution in [2.45, 2.75) is 31.3 Å². The summed E-state index contributed by atoms with van der Waals surface area (Å²) in [6, 6.07) is 23.1. The van der Waals surface area contributed by atoms with Crippen LogP contribution in [0.2, 0.25) is 0 Å². The molecule has 0 aromatic heterocycles. The number of aliphatic hydroxyl groups is 1. The lowest BCUT2D eigenvalue weighted by Gasteiger charge is -2.33. The third-order valence-electron chi connectivity index (χ3n) is 7.32. The molecule has 1 N–H and O–H groups in total. The fraction of sp³-hybridized carbons (Fsp3) is 0.367. The van der Waals surface area contributed by atoms with Gasteiger partial charge in [0.05, 0.1) is 0 Å². The van der Waals surface area contributed by atoms with E-state index < -0.39 is 6.10 Å². The Labute approximate surface area is 207 Å². The third kappa shape index (κ3) is 5.58. The molecule has 1 unspecified atom stereocenters. The lowest BCUT2D eigenvalue weighted by Crippen LogP contribution is -2.40. The van der Waals surface area contributed by atoms with Gasteiger partial charge in [0.1, 0.15) is 18.5 Å². The number of benzene rings is 3. The molecule has 1 atom stereocenters. The molecule has 0 bridgehead atoms. The summed E-state index contributed by atoms with van der Waals surface area (Å²) in [7, 11) is 1.83. The Kier molecular flexibility index (Phi) is 7.16. The minimum absolute atomic E-state index is 0.0759.